The van der Waals surface area contributed by atoms with E-state index in [1.54, 1.807) is 18.2 Å². The van der Waals surface area contributed by atoms with Crippen LogP contribution in [0.15, 0.2) is 35.4 Å². The van der Waals surface area contributed by atoms with Gasteiger partial charge in [0.15, 0.2) is 0 Å². The van der Waals surface area contributed by atoms with E-state index in [4.69, 9.17) is 4.74 Å². The second-order valence-corrected chi connectivity index (χ2v) is 8.66. The molecule has 1 aromatic heterocycles. The van der Waals surface area contributed by atoms with E-state index in [-0.39, 0.29) is 47.5 Å². The first kappa shape index (κ1) is 19.2. The van der Waals surface area contributed by atoms with Crippen molar-refractivity contribution in [3.63, 3.8) is 0 Å². The number of aromatic nitrogens is 2. The Balaban J connectivity index is 1.31. The first-order valence-corrected chi connectivity index (χ1v) is 10.7. The minimum absolute atomic E-state index is 0.0276. The van der Waals surface area contributed by atoms with Gasteiger partial charge in [0, 0.05) is 31.3 Å². The Labute approximate surface area is 174 Å². The van der Waals surface area contributed by atoms with E-state index in [1.165, 1.54) is 10.9 Å². The predicted octanol–water partition coefficient (Wildman–Crippen LogP) is 0.929. The first-order chi connectivity index (χ1) is 14.5. The van der Waals surface area contributed by atoms with Gasteiger partial charge < -0.3 is 15.0 Å². The lowest BCUT2D eigenvalue weighted by molar-refractivity contribution is -0.132. The minimum Gasteiger partial charge on any atom is -0.369 e. The molecule has 4 atom stereocenters. The highest BCUT2D eigenvalue weighted by Gasteiger charge is 2.63. The number of nitrogens with zero attached hydrogens (tertiary/aromatic N) is 3. The molecule has 0 unspecified atom stereocenters. The van der Waals surface area contributed by atoms with Crippen LogP contribution in [0, 0.1) is 11.8 Å². The van der Waals surface area contributed by atoms with Crippen molar-refractivity contribution in [1.29, 1.82) is 0 Å². The molecule has 1 spiro atoms. The zero-order valence-electron chi connectivity index (χ0n) is 17.0. The quantitative estimate of drug-likeness (QED) is 0.792. The van der Waals surface area contributed by atoms with Gasteiger partial charge in [0.25, 0.3) is 5.56 Å². The molecule has 3 aliphatic heterocycles. The van der Waals surface area contributed by atoms with Crippen LogP contribution in [-0.4, -0.2) is 57.6 Å². The molecule has 3 fully saturated rings. The van der Waals surface area contributed by atoms with Crippen molar-refractivity contribution in [2.24, 2.45) is 11.8 Å². The number of para-hydroxylation sites is 1. The molecule has 2 aromatic rings. The number of carbonyl (C=O) groups is 2. The van der Waals surface area contributed by atoms with Gasteiger partial charge >= 0.3 is 0 Å². The summed E-state index contributed by atoms with van der Waals surface area (Å²) in [7, 11) is 0. The number of likely N-dealkylation sites (tertiary alicyclic amines) is 1. The molecule has 158 valence electrons. The van der Waals surface area contributed by atoms with Crippen molar-refractivity contribution in [3.8, 4) is 0 Å². The Bertz CT molecular complexity index is 1070. The molecule has 2 amide bonds. The van der Waals surface area contributed by atoms with Crippen LogP contribution in [0.5, 0.6) is 0 Å². The van der Waals surface area contributed by atoms with E-state index < -0.39 is 0 Å². The molecule has 0 radical (unpaired) electrons. The first-order valence-electron chi connectivity index (χ1n) is 10.7. The van der Waals surface area contributed by atoms with Crippen molar-refractivity contribution in [3.05, 3.63) is 40.9 Å². The Hall–Kier alpha value is -2.74. The topological polar surface area (TPSA) is 93.5 Å². The molecule has 5 rings (SSSR count). The van der Waals surface area contributed by atoms with E-state index in [0.29, 0.717) is 37.0 Å². The molecule has 3 aliphatic rings. The lowest BCUT2D eigenvalue weighted by Gasteiger charge is -2.29. The van der Waals surface area contributed by atoms with Gasteiger partial charge in [-0.15, -0.1) is 0 Å². The van der Waals surface area contributed by atoms with Crippen molar-refractivity contribution in [2.45, 2.75) is 44.4 Å². The summed E-state index contributed by atoms with van der Waals surface area (Å²) in [4.78, 5) is 43.6. The Morgan fingerprint density at radius 2 is 2.17 bits per heavy atom. The number of ether oxygens (including phenoxy) is 1. The van der Waals surface area contributed by atoms with E-state index in [9.17, 15) is 14.4 Å². The molecule has 8 heteroatoms. The zero-order chi connectivity index (χ0) is 20.9. The summed E-state index contributed by atoms with van der Waals surface area (Å²) in [6.45, 7) is 3.58. The van der Waals surface area contributed by atoms with Crippen LogP contribution < -0.4 is 10.9 Å². The summed E-state index contributed by atoms with van der Waals surface area (Å²) in [5.74, 6) is 0.406. The number of nitrogens with one attached hydrogen (secondary N) is 1. The number of carbonyl (C=O) groups excluding carboxylic acids is 2. The fourth-order valence-corrected chi connectivity index (χ4v) is 5.47. The standard InChI is InChI=1S/C22H26N4O4/c1-2-19(27)23-9-15-16-10-25(12-22(16)8-7-18(15)30-22)20(28)11-26-13-24-17-6-4-3-5-14(17)21(26)29/h3-6,13,15-16,18H,2,7-12H2,1H3,(H,23,27)/t15-,16+,18+,22+/m0/s1. The molecule has 0 saturated carbocycles. The molecule has 8 nitrogen and oxygen atoms in total. The zero-order valence-corrected chi connectivity index (χ0v) is 17.0. The fraction of sp³-hybridized carbons (Fsp3) is 0.545. The van der Waals surface area contributed by atoms with Crippen LogP contribution in [0.2, 0.25) is 0 Å². The molecular formula is C22H26N4O4. The van der Waals surface area contributed by atoms with E-state index in [0.717, 1.165) is 12.8 Å². The molecule has 0 aliphatic carbocycles. The Morgan fingerprint density at radius 3 is 3.00 bits per heavy atom. The second kappa shape index (κ2) is 7.19. The van der Waals surface area contributed by atoms with Gasteiger partial charge in [0.05, 0.1) is 35.5 Å². The smallest absolute Gasteiger partial charge is 0.261 e. The molecule has 2 bridgehead atoms. The maximum Gasteiger partial charge on any atom is 0.261 e. The lowest BCUT2D eigenvalue weighted by Crippen LogP contribution is -2.41. The van der Waals surface area contributed by atoms with Gasteiger partial charge in [0.1, 0.15) is 6.54 Å². The van der Waals surface area contributed by atoms with Gasteiger partial charge in [-0.25, -0.2) is 4.98 Å². The highest BCUT2D eigenvalue weighted by atomic mass is 16.5. The summed E-state index contributed by atoms with van der Waals surface area (Å²) in [5.41, 5.74) is 0.126. The van der Waals surface area contributed by atoms with Crippen LogP contribution in [0.3, 0.4) is 0 Å². The Kier molecular flexibility index (Phi) is 4.61. The number of amides is 2. The van der Waals surface area contributed by atoms with Crippen LogP contribution in [0.4, 0.5) is 0 Å². The van der Waals surface area contributed by atoms with Crippen molar-refractivity contribution >= 4 is 22.7 Å². The highest BCUT2D eigenvalue weighted by molar-refractivity contribution is 5.79. The highest BCUT2D eigenvalue weighted by Crippen LogP contribution is 2.54. The molecule has 1 N–H and O–H groups in total. The van der Waals surface area contributed by atoms with Gasteiger partial charge in [-0.05, 0) is 25.0 Å². The molecular weight excluding hydrogens is 384 g/mol. The van der Waals surface area contributed by atoms with Crippen molar-refractivity contribution in [2.75, 3.05) is 19.6 Å². The van der Waals surface area contributed by atoms with E-state index in [1.807, 2.05) is 17.9 Å². The number of hydrogen-bond donors (Lipinski definition) is 1. The largest absolute Gasteiger partial charge is 0.369 e. The maximum atomic E-state index is 13.0. The van der Waals surface area contributed by atoms with E-state index >= 15 is 0 Å². The van der Waals surface area contributed by atoms with Crippen molar-refractivity contribution < 1.29 is 14.3 Å². The SMILES string of the molecule is CCC(=O)NC[C@H]1[C@H]2CN(C(=O)Cn3cnc4ccccc4c3=O)C[C@]23CC[C@H]1O3. The summed E-state index contributed by atoms with van der Waals surface area (Å²) in [6, 6.07) is 7.14. The second-order valence-electron chi connectivity index (χ2n) is 8.66. The molecule has 3 saturated heterocycles. The average Bonchev–Trinajstić information content (AvgIpc) is 3.43. The van der Waals surface area contributed by atoms with Gasteiger partial charge in [0.2, 0.25) is 11.8 Å². The van der Waals surface area contributed by atoms with Crippen LogP contribution >= 0.6 is 0 Å². The summed E-state index contributed by atoms with van der Waals surface area (Å²) >= 11 is 0. The monoisotopic (exact) mass is 410 g/mol. The van der Waals surface area contributed by atoms with Crippen LogP contribution in [-0.2, 0) is 20.9 Å². The maximum absolute atomic E-state index is 13.0. The predicted molar refractivity (Wildman–Crippen MR) is 110 cm³/mol. The summed E-state index contributed by atoms with van der Waals surface area (Å²) < 4.78 is 7.73. The van der Waals surface area contributed by atoms with E-state index in [2.05, 4.69) is 10.3 Å². The third-order valence-electron chi connectivity index (χ3n) is 7.03. The lowest BCUT2D eigenvalue weighted by atomic mass is 9.73. The fourth-order valence-electron chi connectivity index (χ4n) is 5.47. The van der Waals surface area contributed by atoms with Crippen LogP contribution in [0.1, 0.15) is 26.2 Å². The minimum atomic E-state index is -0.297. The third-order valence-corrected chi connectivity index (χ3v) is 7.03. The van der Waals surface area contributed by atoms with Crippen LogP contribution in [0.25, 0.3) is 10.9 Å². The summed E-state index contributed by atoms with van der Waals surface area (Å²) in [6.07, 6.45) is 3.99. The third kappa shape index (κ3) is 3.01. The average molecular weight is 410 g/mol. The number of benzene rings is 1. The normalized spacial score (nSPS) is 29.4. The van der Waals surface area contributed by atoms with Gasteiger partial charge in [-0.3, -0.25) is 19.0 Å². The molecule has 30 heavy (non-hydrogen) atoms. The molecule has 1 aromatic carbocycles. The number of rotatable bonds is 5. The van der Waals surface area contributed by atoms with Gasteiger partial charge in [-0.1, -0.05) is 19.1 Å². The number of fused-ring (bicyclic) bond motifs is 2. The molecule has 4 heterocycles. The van der Waals surface area contributed by atoms with Crippen molar-refractivity contribution in [1.82, 2.24) is 19.8 Å². The Morgan fingerprint density at radius 1 is 1.33 bits per heavy atom. The number of hydrogen-bond acceptors (Lipinski definition) is 5. The van der Waals surface area contributed by atoms with Gasteiger partial charge in [-0.2, -0.15) is 0 Å². The summed E-state index contributed by atoms with van der Waals surface area (Å²) in [5, 5.41) is 3.51.